The second kappa shape index (κ2) is 6.12. The van der Waals surface area contributed by atoms with Gasteiger partial charge in [-0.15, -0.1) is 11.3 Å². The first kappa shape index (κ1) is 16.0. The maximum atomic E-state index is 12.6. The Morgan fingerprint density at radius 1 is 1.48 bits per heavy atom. The Hall–Kier alpha value is -2.46. The number of anilines is 1. The van der Waals surface area contributed by atoms with Gasteiger partial charge in [0, 0.05) is 18.4 Å². The molecule has 0 spiro atoms. The van der Waals surface area contributed by atoms with E-state index in [1.165, 1.54) is 11.3 Å². The number of carbonyl (C=O) groups excluding carboxylic acids is 1. The van der Waals surface area contributed by atoms with Crippen LogP contribution in [0.2, 0.25) is 0 Å². The molecule has 1 saturated heterocycles. The van der Waals surface area contributed by atoms with E-state index in [0.717, 1.165) is 43.6 Å². The molecular formula is C18H19N5OS. The molecule has 1 aliphatic heterocycles. The molecule has 2 atom stereocenters. The van der Waals surface area contributed by atoms with Crippen molar-refractivity contribution in [3.63, 3.8) is 0 Å². The van der Waals surface area contributed by atoms with Gasteiger partial charge in [0.15, 0.2) is 0 Å². The summed E-state index contributed by atoms with van der Waals surface area (Å²) in [5.74, 6) is -0.0392. The van der Waals surface area contributed by atoms with Crippen LogP contribution in [0, 0.1) is 18.3 Å². The molecule has 2 unspecified atom stereocenters. The van der Waals surface area contributed by atoms with Gasteiger partial charge in [-0.05, 0) is 38.7 Å². The number of nitrogens with one attached hydrogen (secondary N) is 1. The number of hydrogen-bond acceptors (Lipinski definition) is 6. The molecule has 2 fully saturated rings. The number of nitriles is 1. The number of pyridine rings is 1. The summed E-state index contributed by atoms with van der Waals surface area (Å²) in [5, 5.41) is 12.8. The number of fused-ring (bicyclic) bond motifs is 1. The lowest BCUT2D eigenvalue weighted by Crippen LogP contribution is -2.53. The first-order valence-corrected chi connectivity index (χ1v) is 9.35. The molecule has 0 aromatic carbocycles. The third-order valence-electron chi connectivity index (χ3n) is 5.38. The van der Waals surface area contributed by atoms with Crippen LogP contribution in [0.4, 0.5) is 5.69 Å². The summed E-state index contributed by atoms with van der Waals surface area (Å²) in [6, 6.07) is 4.46. The van der Waals surface area contributed by atoms with Crippen molar-refractivity contribution in [2.75, 3.05) is 11.4 Å². The van der Waals surface area contributed by atoms with Gasteiger partial charge < -0.3 is 10.2 Å². The molecule has 1 saturated carbocycles. The van der Waals surface area contributed by atoms with Gasteiger partial charge in [0.1, 0.15) is 10.9 Å². The van der Waals surface area contributed by atoms with Crippen molar-refractivity contribution in [1.82, 2.24) is 15.3 Å². The Balaban J connectivity index is 1.64. The molecule has 3 heterocycles. The SMILES string of the molecule is Cc1cc(N2CCC3(NC(=O)c4cncs4)CCCC23)c(C#N)cn1. The molecule has 2 aromatic heterocycles. The largest absolute Gasteiger partial charge is 0.365 e. The van der Waals surface area contributed by atoms with Crippen LogP contribution in [0.25, 0.3) is 0 Å². The van der Waals surface area contributed by atoms with E-state index < -0.39 is 0 Å². The van der Waals surface area contributed by atoms with Crippen molar-refractivity contribution in [2.45, 2.75) is 44.2 Å². The molecule has 2 aromatic rings. The number of rotatable bonds is 3. The molecule has 1 aliphatic carbocycles. The maximum Gasteiger partial charge on any atom is 0.263 e. The summed E-state index contributed by atoms with van der Waals surface area (Å²) in [6.07, 6.45) is 7.24. The highest BCUT2D eigenvalue weighted by Crippen LogP contribution is 2.44. The fourth-order valence-electron chi connectivity index (χ4n) is 4.26. The fraction of sp³-hybridized carbons (Fsp3) is 0.444. The minimum atomic E-state index is -0.217. The molecule has 1 N–H and O–H groups in total. The average Bonchev–Trinajstić information content (AvgIpc) is 3.31. The van der Waals surface area contributed by atoms with E-state index in [4.69, 9.17) is 0 Å². The van der Waals surface area contributed by atoms with Crippen molar-refractivity contribution in [1.29, 1.82) is 5.26 Å². The van der Waals surface area contributed by atoms with Crippen LogP contribution in [-0.2, 0) is 0 Å². The van der Waals surface area contributed by atoms with Crippen molar-refractivity contribution in [2.24, 2.45) is 0 Å². The van der Waals surface area contributed by atoms with Crippen molar-refractivity contribution in [3.8, 4) is 6.07 Å². The number of amides is 1. The number of aromatic nitrogens is 2. The molecule has 0 radical (unpaired) electrons. The minimum Gasteiger partial charge on any atom is -0.365 e. The Morgan fingerprint density at radius 2 is 2.36 bits per heavy atom. The van der Waals surface area contributed by atoms with Gasteiger partial charge in [0.2, 0.25) is 0 Å². The first-order chi connectivity index (χ1) is 12.1. The summed E-state index contributed by atoms with van der Waals surface area (Å²) in [5.41, 5.74) is 3.90. The molecule has 1 amide bonds. The zero-order chi connectivity index (χ0) is 17.4. The van der Waals surface area contributed by atoms with Crippen LogP contribution >= 0.6 is 11.3 Å². The van der Waals surface area contributed by atoms with Gasteiger partial charge in [-0.25, -0.2) is 0 Å². The predicted octanol–water partition coefficient (Wildman–Crippen LogP) is 2.65. The Bertz CT molecular complexity index is 844. The van der Waals surface area contributed by atoms with Gasteiger partial charge in [-0.1, -0.05) is 0 Å². The lowest BCUT2D eigenvalue weighted by molar-refractivity contribution is 0.0903. The van der Waals surface area contributed by atoms with E-state index in [2.05, 4.69) is 26.3 Å². The van der Waals surface area contributed by atoms with Crippen LogP contribution in [-0.4, -0.2) is 34.0 Å². The first-order valence-electron chi connectivity index (χ1n) is 8.47. The van der Waals surface area contributed by atoms with Crippen LogP contribution in [0.3, 0.4) is 0 Å². The minimum absolute atomic E-state index is 0.0392. The second-order valence-electron chi connectivity index (χ2n) is 6.78. The molecular weight excluding hydrogens is 334 g/mol. The molecule has 0 bridgehead atoms. The molecule has 2 aliphatic rings. The zero-order valence-corrected chi connectivity index (χ0v) is 14.8. The number of carbonyl (C=O) groups is 1. The fourth-order valence-corrected chi connectivity index (χ4v) is 4.77. The molecule has 6 nitrogen and oxygen atoms in total. The zero-order valence-electron chi connectivity index (χ0n) is 14.0. The molecule has 4 rings (SSSR count). The number of thiazole rings is 1. The highest BCUT2D eigenvalue weighted by molar-refractivity contribution is 7.11. The Morgan fingerprint density at radius 3 is 3.12 bits per heavy atom. The Labute approximate surface area is 150 Å². The quantitative estimate of drug-likeness (QED) is 0.917. The van der Waals surface area contributed by atoms with Crippen LogP contribution < -0.4 is 10.2 Å². The molecule has 128 valence electrons. The smallest absolute Gasteiger partial charge is 0.263 e. The van der Waals surface area contributed by atoms with Crippen molar-refractivity contribution >= 4 is 22.9 Å². The summed E-state index contributed by atoms with van der Waals surface area (Å²) in [4.78, 5) is 23.8. The van der Waals surface area contributed by atoms with Crippen molar-refractivity contribution < 1.29 is 4.79 Å². The summed E-state index contributed by atoms with van der Waals surface area (Å²) >= 11 is 1.36. The van der Waals surface area contributed by atoms with Gasteiger partial charge in [-0.3, -0.25) is 14.8 Å². The van der Waals surface area contributed by atoms with Gasteiger partial charge in [-0.2, -0.15) is 5.26 Å². The third kappa shape index (κ3) is 2.67. The topological polar surface area (TPSA) is 81.9 Å². The normalized spacial score (nSPS) is 24.8. The molecule has 25 heavy (non-hydrogen) atoms. The van der Waals surface area contributed by atoms with E-state index >= 15 is 0 Å². The number of nitrogens with zero attached hydrogens (tertiary/aromatic N) is 4. The third-order valence-corrected chi connectivity index (χ3v) is 6.15. The summed E-state index contributed by atoms with van der Waals surface area (Å²) < 4.78 is 0. The Kier molecular flexibility index (Phi) is 3.92. The standard InChI is InChI=1S/C18H19N5OS/c1-12-7-14(13(8-19)9-21-12)23-6-5-18(4-2-3-16(18)23)22-17(24)15-10-20-11-25-15/h7,9-11,16H,2-6H2,1H3,(H,22,24). The monoisotopic (exact) mass is 353 g/mol. The lowest BCUT2D eigenvalue weighted by Gasteiger charge is -2.34. The molecule has 7 heteroatoms. The van der Waals surface area contributed by atoms with E-state index in [-0.39, 0.29) is 17.5 Å². The van der Waals surface area contributed by atoms with E-state index in [1.54, 1.807) is 17.9 Å². The number of aryl methyl sites for hydroxylation is 1. The van der Waals surface area contributed by atoms with Crippen LogP contribution in [0.5, 0.6) is 0 Å². The second-order valence-corrected chi connectivity index (χ2v) is 7.67. The highest BCUT2D eigenvalue weighted by Gasteiger charge is 2.51. The van der Waals surface area contributed by atoms with Gasteiger partial charge >= 0.3 is 0 Å². The maximum absolute atomic E-state index is 12.6. The summed E-state index contributed by atoms with van der Waals surface area (Å²) in [7, 11) is 0. The predicted molar refractivity (Wildman–Crippen MR) is 95.6 cm³/mol. The van der Waals surface area contributed by atoms with Gasteiger partial charge in [0.05, 0.1) is 34.5 Å². The highest BCUT2D eigenvalue weighted by atomic mass is 32.1. The van der Waals surface area contributed by atoms with Crippen molar-refractivity contribution in [3.05, 3.63) is 40.1 Å². The summed E-state index contributed by atoms with van der Waals surface area (Å²) in [6.45, 7) is 2.78. The van der Waals surface area contributed by atoms with Gasteiger partial charge in [0.25, 0.3) is 5.91 Å². The van der Waals surface area contributed by atoms with Crippen LogP contribution in [0.15, 0.2) is 24.0 Å². The van der Waals surface area contributed by atoms with E-state index in [1.807, 2.05) is 13.0 Å². The van der Waals surface area contributed by atoms with Crippen LogP contribution in [0.1, 0.15) is 46.6 Å². The van der Waals surface area contributed by atoms with E-state index in [9.17, 15) is 10.1 Å². The average molecular weight is 353 g/mol. The van der Waals surface area contributed by atoms with E-state index in [0.29, 0.717) is 10.4 Å². The number of hydrogen-bond donors (Lipinski definition) is 1. The lowest BCUT2D eigenvalue weighted by atomic mass is 9.92.